The number of carbonyl (C=O) groups is 1. The summed E-state index contributed by atoms with van der Waals surface area (Å²) < 4.78 is 8.84. The van der Waals surface area contributed by atoms with Gasteiger partial charge in [0.05, 0.1) is 16.3 Å². The lowest BCUT2D eigenvalue weighted by molar-refractivity contribution is -0.144. The molecule has 0 atom stereocenters. The summed E-state index contributed by atoms with van der Waals surface area (Å²) in [7, 11) is 0. The molecular formula is C15H18N4O3S. The maximum absolute atomic E-state index is 12.6. The van der Waals surface area contributed by atoms with Crippen LogP contribution in [0.5, 0.6) is 0 Å². The monoisotopic (exact) mass is 334 g/mol. The summed E-state index contributed by atoms with van der Waals surface area (Å²) >= 11 is 1.54. The van der Waals surface area contributed by atoms with E-state index >= 15 is 0 Å². The van der Waals surface area contributed by atoms with E-state index in [4.69, 9.17) is 4.74 Å². The van der Waals surface area contributed by atoms with Gasteiger partial charge in [0.2, 0.25) is 0 Å². The van der Waals surface area contributed by atoms with E-state index in [1.54, 1.807) is 11.3 Å². The molecule has 0 spiro atoms. The summed E-state index contributed by atoms with van der Waals surface area (Å²) in [6.07, 6.45) is 0. The maximum atomic E-state index is 12.6. The van der Waals surface area contributed by atoms with Gasteiger partial charge in [-0.05, 0) is 19.9 Å². The molecule has 3 rings (SSSR count). The Morgan fingerprint density at radius 2 is 2.17 bits per heavy atom. The number of ether oxygens (including phenoxy) is 1. The number of esters is 1. The zero-order valence-electron chi connectivity index (χ0n) is 13.5. The molecule has 0 amide bonds. The van der Waals surface area contributed by atoms with Crippen LogP contribution in [0.2, 0.25) is 0 Å². The third-order valence-corrected chi connectivity index (χ3v) is 4.38. The maximum Gasteiger partial charge on any atom is 0.327 e. The Labute approximate surface area is 136 Å². The molecule has 0 fully saturated rings. The predicted molar refractivity (Wildman–Crippen MR) is 88.1 cm³/mol. The number of aryl methyl sites for hydroxylation is 1. The molecule has 8 heteroatoms. The van der Waals surface area contributed by atoms with Gasteiger partial charge in [-0.1, -0.05) is 13.8 Å². The molecule has 0 saturated heterocycles. The second kappa shape index (κ2) is 5.77. The van der Waals surface area contributed by atoms with Gasteiger partial charge in [-0.2, -0.15) is 5.10 Å². The second-order valence-corrected chi connectivity index (χ2v) is 6.80. The lowest BCUT2D eigenvalue weighted by atomic mass is 10.2. The highest BCUT2D eigenvalue weighted by molar-refractivity contribution is 7.18. The van der Waals surface area contributed by atoms with Gasteiger partial charge in [0.1, 0.15) is 17.9 Å². The SMILES string of the molecule is CCOC(=O)Cn1nc(C(C)C)n2c(cc3sc(C)nc32)c1=O. The van der Waals surface area contributed by atoms with Crippen LogP contribution < -0.4 is 5.56 Å². The molecule has 0 saturated carbocycles. The summed E-state index contributed by atoms with van der Waals surface area (Å²) in [5.74, 6) is 0.303. The van der Waals surface area contributed by atoms with E-state index < -0.39 is 5.97 Å². The highest BCUT2D eigenvalue weighted by Crippen LogP contribution is 2.26. The van der Waals surface area contributed by atoms with Crippen LogP contribution in [0.4, 0.5) is 0 Å². The van der Waals surface area contributed by atoms with Crippen molar-refractivity contribution < 1.29 is 9.53 Å². The van der Waals surface area contributed by atoms with Gasteiger partial charge < -0.3 is 4.74 Å². The van der Waals surface area contributed by atoms with E-state index in [0.29, 0.717) is 11.3 Å². The fourth-order valence-electron chi connectivity index (χ4n) is 2.53. The summed E-state index contributed by atoms with van der Waals surface area (Å²) in [6.45, 7) is 7.73. The number of thiazole rings is 1. The van der Waals surface area contributed by atoms with Crippen molar-refractivity contribution in [3.8, 4) is 0 Å². The van der Waals surface area contributed by atoms with Crippen LogP contribution in [0.25, 0.3) is 15.9 Å². The van der Waals surface area contributed by atoms with E-state index in [1.165, 1.54) is 16.0 Å². The molecule has 3 heterocycles. The molecule has 0 unspecified atom stereocenters. The summed E-state index contributed by atoms with van der Waals surface area (Å²) in [5, 5.41) is 5.32. The van der Waals surface area contributed by atoms with E-state index in [9.17, 15) is 9.59 Å². The lowest BCUT2D eigenvalue weighted by Crippen LogP contribution is -2.31. The Morgan fingerprint density at radius 1 is 1.43 bits per heavy atom. The van der Waals surface area contributed by atoms with Gasteiger partial charge in [0.25, 0.3) is 5.56 Å². The summed E-state index contributed by atoms with van der Waals surface area (Å²) in [6, 6.07) is 1.82. The minimum Gasteiger partial charge on any atom is -0.465 e. The molecule has 0 aliphatic rings. The fraction of sp³-hybridized carbons (Fsp3) is 0.467. The first-order chi connectivity index (χ1) is 10.9. The third-order valence-electron chi connectivity index (χ3n) is 3.47. The molecular weight excluding hydrogens is 316 g/mol. The van der Waals surface area contributed by atoms with Gasteiger partial charge >= 0.3 is 5.97 Å². The molecule has 0 aliphatic carbocycles. The topological polar surface area (TPSA) is 78.5 Å². The molecule has 7 nitrogen and oxygen atoms in total. The number of hydrogen-bond acceptors (Lipinski definition) is 6. The van der Waals surface area contributed by atoms with Gasteiger partial charge in [-0.15, -0.1) is 11.3 Å². The number of rotatable bonds is 4. The fourth-order valence-corrected chi connectivity index (χ4v) is 3.38. The summed E-state index contributed by atoms with van der Waals surface area (Å²) in [4.78, 5) is 28.9. The van der Waals surface area contributed by atoms with Crippen LogP contribution in [-0.4, -0.2) is 31.7 Å². The Kier molecular flexibility index (Phi) is 3.93. The first kappa shape index (κ1) is 15.7. The highest BCUT2D eigenvalue weighted by Gasteiger charge is 2.19. The Morgan fingerprint density at radius 3 is 2.83 bits per heavy atom. The van der Waals surface area contributed by atoms with E-state index in [2.05, 4.69) is 10.1 Å². The molecule has 0 N–H and O–H groups in total. The quantitative estimate of drug-likeness (QED) is 0.683. The van der Waals surface area contributed by atoms with Gasteiger partial charge in [-0.25, -0.2) is 9.67 Å². The van der Waals surface area contributed by atoms with Gasteiger partial charge in [0, 0.05) is 5.92 Å². The molecule has 23 heavy (non-hydrogen) atoms. The third kappa shape index (κ3) is 2.63. The Balaban J connectivity index is 2.26. The molecule has 0 aromatic carbocycles. The average Bonchev–Trinajstić information content (AvgIpc) is 2.98. The molecule has 3 aromatic heterocycles. The predicted octanol–water partition coefficient (Wildman–Crippen LogP) is 2.10. The van der Waals surface area contributed by atoms with Gasteiger partial charge in [0.15, 0.2) is 5.65 Å². The normalized spacial score (nSPS) is 11.7. The number of fused-ring (bicyclic) bond motifs is 3. The van der Waals surface area contributed by atoms with E-state index in [0.717, 1.165) is 15.4 Å². The molecule has 0 bridgehead atoms. The standard InChI is InChI=1S/C15H18N4O3S/c1-5-22-12(20)7-18-15(21)10-6-11-14(16-9(4)23-11)19(10)13(17-18)8(2)3/h6,8H,5,7H2,1-4H3. The minimum absolute atomic E-state index is 0.0733. The molecule has 3 aromatic rings. The van der Waals surface area contributed by atoms with Crippen LogP contribution in [0.3, 0.4) is 0 Å². The molecule has 122 valence electrons. The van der Waals surface area contributed by atoms with Crippen molar-refractivity contribution in [3.05, 3.63) is 27.3 Å². The van der Waals surface area contributed by atoms with Crippen LogP contribution in [0.15, 0.2) is 10.9 Å². The zero-order chi connectivity index (χ0) is 16.7. The Hall–Kier alpha value is -2.22. The zero-order valence-corrected chi connectivity index (χ0v) is 14.3. The van der Waals surface area contributed by atoms with Crippen molar-refractivity contribution in [2.24, 2.45) is 0 Å². The number of nitrogens with zero attached hydrogens (tertiary/aromatic N) is 4. The first-order valence-corrected chi connectivity index (χ1v) is 8.29. The summed E-state index contributed by atoms with van der Waals surface area (Å²) in [5.41, 5.74) is 0.922. The van der Waals surface area contributed by atoms with Crippen molar-refractivity contribution in [1.29, 1.82) is 0 Å². The number of hydrogen-bond donors (Lipinski definition) is 0. The smallest absolute Gasteiger partial charge is 0.327 e. The van der Waals surface area contributed by atoms with E-state index in [-0.39, 0.29) is 24.6 Å². The van der Waals surface area contributed by atoms with E-state index in [1.807, 2.05) is 26.8 Å². The molecule has 0 aliphatic heterocycles. The minimum atomic E-state index is -0.469. The first-order valence-electron chi connectivity index (χ1n) is 7.47. The lowest BCUT2D eigenvalue weighted by Gasteiger charge is -2.12. The van der Waals surface area contributed by atoms with Crippen LogP contribution in [0, 0.1) is 6.92 Å². The number of carbonyl (C=O) groups excluding carboxylic acids is 1. The van der Waals surface area contributed by atoms with Crippen molar-refractivity contribution in [2.75, 3.05) is 6.61 Å². The van der Waals surface area contributed by atoms with Crippen LogP contribution >= 0.6 is 11.3 Å². The largest absolute Gasteiger partial charge is 0.465 e. The highest BCUT2D eigenvalue weighted by atomic mass is 32.1. The number of aromatic nitrogens is 4. The van der Waals surface area contributed by atoms with Crippen molar-refractivity contribution in [2.45, 2.75) is 40.2 Å². The van der Waals surface area contributed by atoms with Crippen LogP contribution in [0.1, 0.15) is 37.5 Å². The molecule has 0 radical (unpaired) electrons. The second-order valence-electron chi connectivity index (χ2n) is 5.57. The Bertz CT molecular complexity index is 951. The average molecular weight is 334 g/mol. The van der Waals surface area contributed by atoms with Crippen molar-refractivity contribution in [1.82, 2.24) is 19.2 Å². The van der Waals surface area contributed by atoms with Crippen molar-refractivity contribution >= 4 is 33.2 Å². The van der Waals surface area contributed by atoms with Crippen LogP contribution in [-0.2, 0) is 16.1 Å². The van der Waals surface area contributed by atoms with Crippen molar-refractivity contribution in [3.63, 3.8) is 0 Å². The van der Waals surface area contributed by atoms with Gasteiger partial charge in [-0.3, -0.25) is 14.0 Å².